The van der Waals surface area contributed by atoms with Crippen molar-refractivity contribution in [3.63, 3.8) is 0 Å². The van der Waals surface area contributed by atoms with Crippen LogP contribution in [0.1, 0.15) is 21.6 Å². The highest BCUT2D eigenvalue weighted by Crippen LogP contribution is 2.20. The SMILES string of the molecule is Cc1nc2oc3ccccc3c(=O)c2cc1C(=O)OCCc1ccccc1. The molecule has 27 heavy (non-hydrogen) atoms. The second-order valence-electron chi connectivity index (χ2n) is 6.27. The van der Waals surface area contributed by atoms with Crippen molar-refractivity contribution in [1.29, 1.82) is 0 Å². The molecule has 0 saturated heterocycles. The summed E-state index contributed by atoms with van der Waals surface area (Å²) in [6, 6.07) is 18.3. The second-order valence-corrected chi connectivity index (χ2v) is 6.27. The van der Waals surface area contributed by atoms with Crippen LogP contribution in [0.25, 0.3) is 22.1 Å². The fraction of sp³-hybridized carbons (Fsp3) is 0.136. The molecule has 5 heteroatoms. The van der Waals surface area contributed by atoms with Crippen LogP contribution in [0.5, 0.6) is 0 Å². The molecular weight excluding hydrogens is 342 g/mol. The Hall–Kier alpha value is -3.47. The summed E-state index contributed by atoms with van der Waals surface area (Å²) in [6.45, 7) is 1.95. The molecule has 0 radical (unpaired) electrons. The van der Waals surface area contributed by atoms with Crippen molar-refractivity contribution in [2.24, 2.45) is 0 Å². The topological polar surface area (TPSA) is 69.4 Å². The summed E-state index contributed by atoms with van der Waals surface area (Å²) in [5.41, 5.74) is 2.31. The van der Waals surface area contributed by atoms with Gasteiger partial charge in [-0.3, -0.25) is 4.79 Å². The highest BCUT2D eigenvalue weighted by Gasteiger charge is 2.17. The molecule has 2 heterocycles. The normalized spacial score (nSPS) is 11.0. The van der Waals surface area contributed by atoms with Crippen LogP contribution in [-0.2, 0) is 11.2 Å². The molecule has 0 saturated carbocycles. The molecule has 0 atom stereocenters. The summed E-state index contributed by atoms with van der Waals surface area (Å²) in [4.78, 5) is 29.5. The Bertz CT molecular complexity index is 1200. The summed E-state index contributed by atoms with van der Waals surface area (Å²) in [6.07, 6.45) is 0.624. The van der Waals surface area contributed by atoms with Gasteiger partial charge in [0, 0.05) is 6.42 Å². The van der Waals surface area contributed by atoms with Gasteiger partial charge in [0.25, 0.3) is 0 Å². The van der Waals surface area contributed by atoms with Crippen LogP contribution < -0.4 is 5.43 Å². The van der Waals surface area contributed by atoms with E-state index in [1.54, 1.807) is 31.2 Å². The molecular formula is C22H17NO4. The number of carbonyl (C=O) groups excluding carboxylic acids is 1. The molecule has 5 nitrogen and oxygen atoms in total. The van der Waals surface area contributed by atoms with Crippen LogP contribution in [0.3, 0.4) is 0 Å². The first-order valence-electron chi connectivity index (χ1n) is 8.68. The number of esters is 1. The van der Waals surface area contributed by atoms with Crippen LogP contribution in [0.2, 0.25) is 0 Å². The Balaban J connectivity index is 1.64. The minimum Gasteiger partial charge on any atom is -0.462 e. The van der Waals surface area contributed by atoms with Crippen molar-refractivity contribution in [2.75, 3.05) is 6.61 Å². The summed E-state index contributed by atoms with van der Waals surface area (Å²) >= 11 is 0. The summed E-state index contributed by atoms with van der Waals surface area (Å²) in [5, 5.41) is 0.730. The summed E-state index contributed by atoms with van der Waals surface area (Å²) in [7, 11) is 0. The molecule has 0 bridgehead atoms. The second kappa shape index (κ2) is 7.03. The Morgan fingerprint density at radius 2 is 1.78 bits per heavy atom. The number of aromatic nitrogens is 1. The van der Waals surface area contributed by atoms with Gasteiger partial charge in [0.15, 0.2) is 0 Å². The predicted molar refractivity (Wildman–Crippen MR) is 103 cm³/mol. The van der Waals surface area contributed by atoms with E-state index in [1.165, 1.54) is 6.07 Å². The molecule has 0 aliphatic carbocycles. The molecule has 2 aromatic heterocycles. The molecule has 0 N–H and O–H groups in total. The van der Waals surface area contributed by atoms with Crippen LogP contribution in [-0.4, -0.2) is 17.6 Å². The molecule has 4 aromatic rings. The zero-order valence-corrected chi connectivity index (χ0v) is 14.8. The van der Waals surface area contributed by atoms with Gasteiger partial charge in [-0.1, -0.05) is 42.5 Å². The van der Waals surface area contributed by atoms with Gasteiger partial charge in [-0.2, -0.15) is 0 Å². The Morgan fingerprint density at radius 1 is 1.04 bits per heavy atom. The maximum Gasteiger partial charge on any atom is 0.340 e. The van der Waals surface area contributed by atoms with E-state index in [4.69, 9.17) is 9.15 Å². The van der Waals surface area contributed by atoms with E-state index in [2.05, 4.69) is 4.98 Å². The van der Waals surface area contributed by atoms with Crippen molar-refractivity contribution < 1.29 is 13.9 Å². The number of carbonyl (C=O) groups is 1. The fourth-order valence-electron chi connectivity index (χ4n) is 3.01. The lowest BCUT2D eigenvalue weighted by Crippen LogP contribution is -2.12. The number of rotatable bonds is 4. The standard InChI is InChI=1S/C22H17NO4/c1-14-17(22(25)26-12-11-15-7-3-2-4-8-15)13-18-20(24)16-9-5-6-10-19(16)27-21(18)23-14/h2-10,13H,11-12H2,1H3. The number of ether oxygens (including phenoxy) is 1. The number of para-hydroxylation sites is 1. The number of pyridine rings is 1. The minimum absolute atomic E-state index is 0.210. The average molecular weight is 359 g/mol. The van der Waals surface area contributed by atoms with Gasteiger partial charge >= 0.3 is 5.97 Å². The van der Waals surface area contributed by atoms with Gasteiger partial charge in [-0.05, 0) is 30.7 Å². The van der Waals surface area contributed by atoms with Gasteiger partial charge in [-0.15, -0.1) is 0 Å². The summed E-state index contributed by atoms with van der Waals surface area (Å²) < 4.78 is 11.1. The van der Waals surface area contributed by atoms with E-state index in [9.17, 15) is 9.59 Å². The van der Waals surface area contributed by atoms with Crippen LogP contribution in [0, 0.1) is 6.92 Å². The molecule has 0 aliphatic heterocycles. The first kappa shape index (κ1) is 17.0. The molecule has 2 aromatic carbocycles. The lowest BCUT2D eigenvalue weighted by molar-refractivity contribution is 0.0508. The number of benzene rings is 2. The zero-order valence-electron chi connectivity index (χ0n) is 14.8. The van der Waals surface area contributed by atoms with Crippen LogP contribution in [0.4, 0.5) is 0 Å². The third-order valence-corrected chi connectivity index (χ3v) is 4.45. The Morgan fingerprint density at radius 3 is 2.59 bits per heavy atom. The highest BCUT2D eigenvalue weighted by molar-refractivity contribution is 5.96. The lowest BCUT2D eigenvalue weighted by Gasteiger charge is -2.08. The Labute approximate surface area is 155 Å². The lowest BCUT2D eigenvalue weighted by atomic mass is 10.1. The molecule has 0 amide bonds. The molecule has 0 spiro atoms. The van der Waals surface area contributed by atoms with Gasteiger partial charge in [-0.25, -0.2) is 9.78 Å². The fourth-order valence-corrected chi connectivity index (χ4v) is 3.01. The van der Waals surface area contributed by atoms with E-state index in [1.807, 2.05) is 30.3 Å². The third-order valence-electron chi connectivity index (χ3n) is 4.45. The van der Waals surface area contributed by atoms with E-state index < -0.39 is 5.97 Å². The largest absolute Gasteiger partial charge is 0.462 e. The predicted octanol–water partition coefficient (Wildman–Crippen LogP) is 4.05. The van der Waals surface area contributed by atoms with Crippen molar-refractivity contribution in [1.82, 2.24) is 4.98 Å². The van der Waals surface area contributed by atoms with Gasteiger partial charge < -0.3 is 9.15 Å². The maximum absolute atomic E-state index is 12.7. The zero-order chi connectivity index (χ0) is 18.8. The van der Waals surface area contributed by atoms with Crippen molar-refractivity contribution in [3.05, 3.63) is 87.7 Å². The highest BCUT2D eigenvalue weighted by atomic mass is 16.5. The monoisotopic (exact) mass is 359 g/mol. The van der Waals surface area contributed by atoms with Crippen molar-refractivity contribution in [3.8, 4) is 0 Å². The average Bonchev–Trinajstić information content (AvgIpc) is 2.68. The van der Waals surface area contributed by atoms with Crippen LogP contribution in [0.15, 0.2) is 69.9 Å². The van der Waals surface area contributed by atoms with E-state index >= 15 is 0 Å². The van der Waals surface area contributed by atoms with E-state index in [-0.39, 0.29) is 28.7 Å². The number of aryl methyl sites for hydroxylation is 1. The van der Waals surface area contributed by atoms with Crippen molar-refractivity contribution >= 4 is 28.0 Å². The molecule has 4 rings (SSSR count). The first-order valence-corrected chi connectivity index (χ1v) is 8.68. The number of hydrogen-bond donors (Lipinski definition) is 0. The smallest absolute Gasteiger partial charge is 0.340 e. The van der Waals surface area contributed by atoms with Gasteiger partial charge in [0.2, 0.25) is 11.1 Å². The molecule has 0 unspecified atom stereocenters. The Kier molecular flexibility index (Phi) is 4.42. The minimum atomic E-state index is -0.495. The molecule has 0 fully saturated rings. The van der Waals surface area contributed by atoms with E-state index in [0.29, 0.717) is 23.1 Å². The summed E-state index contributed by atoms with van der Waals surface area (Å²) in [5.74, 6) is -0.495. The van der Waals surface area contributed by atoms with Gasteiger partial charge in [0.05, 0.1) is 28.6 Å². The third kappa shape index (κ3) is 3.31. The van der Waals surface area contributed by atoms with Crippen LogP contribution >= 0.6 is 0 Å². The van der Waals surface area contributed by atoms with E-state index in [0.717, 1.165) is 5.56 Å². The van der Waals surface area contributed by atoms with Gasteiger partial charge in [0.1, 0.15) is 5.58 Å². The van der Waals surface area contributed by atoms with Crippen molar-refractivity contribution in [2.45, 2.75) is 13.3 Å². The molecule has 134 valence electrons. The molecule has 0 aliphatic rings. The quantitative estimate of drug-likeness (QED) is 0.406. The first-order chi connectivity index (χ1) is 13.1. The maximum atomic E-state index is 12.7. The number of hydrogen-bond acceptors (Lipinski definition) is 5. The number of nitrogens with zero attached hydrogens (tertiary/aromatic N) is 1. The number of fused-ring (bicyclic) bond motifs is 2.